The Morgan fingerprint density at radius 1 is 1.35 bits per heavy atom. The van der Waals surface area contributed by atoms with Crippen LogP contribution in [0.2, 0.25) is 0 Å². The second-order valence-electron chi connectivity index (χ2n) is 6.70. The summed E-state index contributed by atoms with van der Waals surface area (Å²) in [5.41, 5.74) is 0.761. The molecule has 7 nitrogen and oxygen atoms in total. The molecule has 0 aliphatic heterocycles. The van der Waals surface area contributed by atoms with E-state index in [1.807, 2.05) is 0 Å². The van der Waals surface area contributed by atoms with Crippen LogP contribution in [0.1, 0.15) is 32.8 Å². The SMILES string of the molecule is C#CCOc1ccc2[nH]c(NC(=O)OC(C)(C)C)c(CCC(=O)O)c2c1. The van der Waals surface area contributed by atoms with E-state index < -0.39 is 17.7 Å². The minimum Gasteiger partial charge on any atom is -0.481 e. The fourth-order valence-electron chi connectivity index (χ4n) is 2.45. The zero-order chi connectivity index (χ0) is 19.3. The Morgan fingerprint density at radius 3 is 2.69 bits per heavy atom. The molecule has 2 rings (SSSR count). The Kier molecular flexibility index (Phi) is 5.78. The van der Waals surface area contributed by atoms with Crippen LogP contribution in [0.4, 0.5) is 10.6 Å². The van der Waals surface area contributed by atoms with Gasteiger partial charge in [-0.15, -0.1) is 6.42 Å². The maximum absolute atomic E-state index is 12.1. The van der Waals surface area contributed by atoms with E-state index in [0.29, 0.717) is 17.1 Å². The van der Waals surface area contributed by atoms with Crippen LogP contribution in [0, 0.1) is 12.3 Å². The molecular weight excluding hydrogens is 336 g/mol. The van der Waals surface area contributed by atoms with Gasteiger partial charge in [0.05, 0.1) is 0 Å². The standard InChI is InChI=1S/C19H22N2O5/c1-5-10-25-12-6-8-15-14(11-12)13(7-9-16(22)23)17(20-15)21-18(24)26-19(2,3)4/h1,6,8,11,20H,7,9-10H2,2-4H3,(H,21,24)(H,22,23). The Bertz CT molecular complexity index is 855. The molecule has 1 aromatic carbocycles. The first-order valence-corrected chi connectivity index (χ1v) is 8.12. The minimum atomic E-state index is -0.928. The number of aromatic nitrogens is 1. The highest BCUT2D eigenvalue weighted by atomic mass is 16.6. The summed E-state index contributed by atoms with van der Waals surface area (Å²) >= 11 is 0. The summed E-state index contributed by atoms with van der Waals surface area (Å²) in [5.74, 6) is 2.43. The fourth-order valence-corrected chi connectivity index (χ4v) is 2.45. The van der Waals surface area contributed by atoms with Crippen molar-refractivity contribution in [3.63, 3.8) is 0 Å². The van der Waals surface area contributed by atoms with E-state index in [9.17, 15) is 9.59 Å². The quantitative estimate of drug-likeness (QED) is 0.686. The van der Waals surface area contributed by atoms with E-state index in [1.54, 1.807) is 39.0 Å². The van der Waals surface area contributed by atoms with Crippen molar-refractivity contribution in [2.75, 3.05) is 11.9 Å². The molecule has 0 unspecified atom stereocenters. The van der Waals surface area contributed by atoms with E-state index in [2.05, 4.69) is 16.2 Å². The molecule has 0 atom stereocenters. The third-order valence-corrected chi connectivity index (χ3v) is 3.41. The lowest BCUT2D eigenvalue weighted by atomic mass is 10.1. The summed E-state index contributed by atoms with van der Waals surface area (Å²) in [6.07, 6.45) is 4.74. The number of terminal acetylenes is 1. The summed E-state index contributed by atoms with van der Waals surface area (Å²) < 4.78 is 10.7. The first kappa shape index (κ1) is 19.2. The van der Waals surface area contributed by atoms with Crippen LogP contribution in [0.25, 0.3) is 10.9 Å². The number of benzene rings is 1. The number of carbonyl (C=O) groups is 2. The molecule has 0 aliphatic rings. The lowest BCUT2D eigenvalue weighted by Gasteiger charge is -2.19. The van der Waals surface area contributed by atoms with Gasteiger partial charge in [0.15, 0.2) is 0 Å². The van der Waals surface area contributed by atoms with Gasteiger partial charge in [-0.1, -0.05) is 5.92 Å². The molecule has 0 saturated heterocycles. The summed E-state index contributed by atoms with van der Waals surface area (Å²) in [6.45, 7) is 5.41. The molecule has 7 heteroatoms. The molecule has 26 heavy (non-hydrogen) atoms. The van der Waals surface area contributed by atoms with Crippen molar-refractivity contribution >= 4 is 28.8 Å². The third kappa shape index (κ3) is 5.18. The van der Waals surface area contributed by atoms with Crippen molar-refractivity contribution in [3.8, 4) is 18.1 Å². The van der Waals surface area contributed by atoms with Gasteiger partial charge in [0.1, 0.15) is 23.8 Å². The number of carbonyl (C=O) groups excluding carboxylic acids is 1. The van der Waals surface area contributed by atoms with Gasteiger partial charge in [-0.3, -0.25) is 10.1 Å². The van der Waals surface area contributed by atoms with Crippen LogP contribution < -0.4 is 10.1 Å². The first-order chi connectivity index (χ1) is 12.2. The van der Waals surface area contributed by atoms with E-state index >= 15 is 0 Å². The number of rotatable bonds is 6. The molecule has 0 radical (unpaired) electrons. The van der Waals surface area contributed by atoms with Crippen molar-refractivity contribution in [2.24, 2.45) is 0 Å². The number of amides is 1. The number of carboxylic acid groups (broad SMARTS) is 1. The number of H-pyrrole nitrogens is 1. The number of hydrogen-bond acceptors (Lipinski definition) is 4. The van der Waals surface area contributed by atoms with E-state index in [1.165, 1.54) is 0 Å². The van der Waals surface area contributed by atoms with Gasteiger partial charge in [0, 0.05) is 22.9 Å². The molecule has 0 saturated carbocycles. The van der Waals surface area contributed by atoms with Crippen molar-refractivity contribution in [2.45, 2.75) is 39.2 Å². The van der Waals surface area contributed by atoms with Gasteiger partial charge in [-0.25, -0.2) is 4.79 Å². The molecule has 0 bridgehead atoms. The summed E-state index contributed by atoms with van der Waals surface area (Å²) in [7, 11) is 0. The molecule has 0 fully saturated rings. The van der Waals surface area contributed by atoms with Gasteiger partial charge in [0.2, 0.25) is 0 Å². The van der Waals surface area contributed by atoms with Gasteiger partial charge < -0.3 is 19.6 Å². The maximum Gasteiger partial charge on any atom is 0.413 e. The normalized spacial score (nSPS) is 11.0. The second kappa shape index (κ2) is 7.83. The number of aromatic amines is 1. The third-order valence-electron chi connectivity index (χ3n) is 3.41. The van der Waals surface area contributed by atoms with Crippen molar-refractivity contribution in [3.05, 3.63) is 23.8 Å². The minimum absolute atomic E-state index is 0.0780. The lowest BCUT2D eigenvalue weighted by molar-refractivity contribution is -0.136. The predicted octanol–water partition coefficient (Wildman–Crippen LogP) is 3.54. The predicted molar refractivity (Wildman–Crippen MR) is 98.4 cm³/mol. The average molecular weight is 358 g/mol. The zero-order valence-electron chi connectivity index (χ0n) is 15.0. The Hall–Kier alpha value is -3.14. The monoisotopic (exact) mass is 358 g/mol. The molecule has 0 aliphatic carbocycles. The molecule has 1 aromatic heterocycles. The van der Waals surface area contributed by atoms with Gasteiger partial charge in [0.25, 0.3) is 0 Å². The van der Waals surface area contributed by atoms with Gasteiger partial charge in [-0.2, -0.15) is 0 Å². The number of anilines is 1. The number of aliphatic carboxylic acids is 1. The molecule has 2 aromatic rings. The first-order valence-electron chi connectivity index (χ1n) is 8.12. The molecule has 0 spiro atoms. The Morgan fingerprint density at radius 2 is 2.08 bits per heavy atom. The molecule has 3 N–H and O–H groups in total. The number of fused-ring (bicyclic) bond motifs is 1. The number of nitrogens with one attached hydrogen (secondary N) is 2. The Labute approximate surface area is 151 Å². The lowest BCUT2D eigenvalue weighted by Crippen LogP contribution is -2.27. The van der Waals surface area contributed by atoms with Crippen LogP contribution in [0.15, 0.2) is 18.2 Å². The zero-order valence-corrected chi connectivity index (χ0v) is 15.0. The number of ether oxygens (including phenoxy) is 2. The highest BCUT2D eigenvalue weighted by Gasteiger charge is 2.20. The number of carboxylic acids is 1. The molecule has 1 heterocycles. The number of hydrogen-bond donors (Lipinski definition) is 3. The van der Waals surface area contributed by atoms with E-state index in [0.717, 1.165) is 10.9 Å². The summed E-state index contributed by atoms with van der Waals surface area (Å²) in [5, 5.41) is 12.4. The van der Waals surface area contributed by atoms with Crippen molar-refractivity contribution in [1.29, 1.82) is 0 Å². The van der Waals surface area contributed by atoms with Crippen LogP contribution in [0.3, 0.4) is 0 Å². The highest BCUT2D eigenvalue weighted by molar-refractivity contribution is 5.95. The largest absolute Gasteiger partial charge is 0.481 e. The van der Waals surface area contributed by atoms with Crippen molar-refractivity contribution < 1.29 is 24.2 Å². The van der Waals surface area contributed by atoms with E-state index in [-0.39, 0.29) is 19.4 Å². The van der Waals surface area contributed by atoms with Crippen LogP contribution in [0.5, 0.6) is 5.75 Å². The molecule has 1 amide bonds. The fraction of sp³-hybridized carbons (Fsp3) is 0.368. The number of aryl methyl sites for hydroxylation is 1. The van der Waals surface area contributed by atoms with Gasteiger partial charge in [-0.05, 0) is 45.4 Å². The second-order valence-corrected chi connectivity index (χ2v) is 6.70. The Balaban J connectivity index is 2.37. The summed E-state index contributed by atoms with van der Waals surface area (Å²) in [6, 6.07) is 5.29. The van der Waals surface area contributed by atoms with Crippen molar-refractivity contribution in [1.82, 2.24) is 4.98 Å². The molecular formula is C19H22N2O5. The summed E-state index contributed by atoms with van der Waals surface area (Å²) in [4.78, 5) is 26.2. The highest BCUT2D eigenvalue weighted by Crippen LogP contribution is 2.31. The van der Waals surface area contributed by atoms with Crippen LogP contribution in [-0.4, -0.2) is 34.4 Å². The van der Waals surface area contributed by atoms with Gasteiger partial charge >= 0.3 is 12.1 Å². The van der Waals surface area contributed by atoms with E-state index in [4.69, 9.17) is 21.0 Å². The van der Waals surface area contributed by atoms with Crippen LogP contribution >= 0.6 is 0 Å². The smallest absolute Gasteiger partial charge is 0.413 e. The maximum atomic E-state index is 12.1. The average Bonchev–Trinajstić information content (AvgIpc) is 2.85. The molecule has 138 valence electrons. The van der Waals surface area contributed by atoms with Crippen LogP contribution in [-0.2, 0) is 16.0 Å². The topological polar surface area (TPSA) is 101 Å².